The van der Waals surface area contributed by atoms with Crippen LogP contribution in [-0.2, 0) is 4.74 Å². The zero-order valence-corrected chi connectivity index (χ0v) is 10.5. The summed E-state index contributed by atoms with van der Waals surface area (Å²) in [5, 5.41) is 0. The van der Waals surface area contributed by atoms with Gasteiger partial charge in [-0.05, 0) is 27.2 Å². The Bertz CT molecular complexity index is 199. The fourth-order valence-corrected chi connectivity index (χ4v) is 1.29. The van der Waals surface area contributed by atoms with Crippen molar-refractivity contribution in [1.29, 1.82) is 0 Å². The van der Waals surface area contributed by atoms with E-state index in [4.69, 9.17) is 10.5 Å². The lowest BCUT2D eigenvalue weighted by Gasteiger charge is -2.29. The molecule has 0 spiro atoms. The van der Waals surface area contributed by atoms with Gasteiger partial charge in [-0.15, -0.1) is 0 Å². The van der Waals surface area contributed by atoms with Crippen molar-refractivity contribution in [2.24, 2.45) is 5.73 Å². The predicted octanol–water partition coefficient (Wildman–Crippen LogP) is 1.98. The molecule has 1 atom stereocenters. The molecule has 0 aliphatic rings. The van der Waals surface area contributed by atoms with Crippen molar-refractivity contribution >= 4 is 6.09 Å². The summed E-state index contributed by atoms with van der Waals surface area (Å²) in [7, 11) is 1.74. The van der Waals surface area contributed by atoms with Crippen LogP contribution >= 0.6 is 0 Å². The van der Waals surface area contributed by atoms with E-state index in [1.54, 1.807) is 11.9 Å². The summed E-state index contributed by atoms with van der Waals surface area (Å²) in [6, 6.07) is 0.0739. The predicted molar refractivity (Wildman–Crippen MR) is 61.7 cm³/mol. The Kier molecular flexibility index (Phi) is 5.65. The molecule has 90 valence electrons. The number of carbonyl (C=O) groups is 1. The number of carbonyl (C=O) groups excluding carboxylic acids is 1. The molecule has 0 radical (unpaired) electrons. The Hall–Kier alpha value is -0.770. The summed E-state index contributed by atoms with van der Waals surface area (Å²) in [5.41, 5.74) is 5.16. The van der Waals surface area contributed by atoms with Gasteiger partial charge >= 0.3 is 6.09 Å². The number of nitrogens with two attached hydrogens (primary N) is 1. The molecular weight excluding hydrogens is 192 g/mol. The number of nitrogens with zero attached hydrogens (tertiary/aromatic N) is 1. The number of hydrogen-bond acceptors (Lipinski definition) is 3. The van der Waals surface area contributed by atoms with Crippen LogP contribution in [0.25, 0.3) is 0 Å². The van der Waals surface area contributed by atoms with Crippen LogP contribution in [-0.4, -0.2) is 36.2 Å². The molecule has 0 saturated heterocycles. The molecule has 0 heterocycles. The van der Waals surface area contributed by atoms with Gasteiger partial charge in [0.15, 0.2) is 0 Å². The van der Waals surface area contributed by atoms with Crippen molar-refractivity contribution < 1.29 is 9.53 Å². The Morgan fingerprint density at radius 1 is 1.47 bits per heavy atom. The zero-order valence-electron chi connectivity index (χ0n) is 10.5. The van der Waals surface area contributed by atoms with E-state index < -0.39 is 5.60 Å². The summed E-state index contributed by atoms with van der Waals surface area (Å²) in [5.74, 6) is 0. The molecule has 1 amide bonds. The van der Waals surface area contributed by atoms with Gasteiger partial charge < -0.3 is 15.4 Å². The molecule has 0 fully saturated rings. The smallest absolute Gasteiger partial charge is 0.410 e. The molecular formula is C11H24N2O2. The third kappa shape index (κ3) is 5.62. The molecule has 0 bridgehead atoms. The Morgan fingerprint density at radius 3 is 2.33 bits per heavy atom. The van der Waals surface area contributed by atoms with Gasteiger partial charge in [0.1, 0.15) is 5.60 Å². The van der Waals surface area contributed by atoms with E-state index in [9.17, 15) is 4.79 Å². The number of ether oxygens (including phenoxy) is 1. The molecule has 15 heavy (non-hydrogen) atoms. The minimum absolute atomic E-state index is 0.0739. The molecule has 0 aliphatic carbocycles. The highest BCUT2D eigenvalue weighted by Crippen LogP contribution is 2.12. The third-order valence-electron chi connectivity index (χ3n) is 2.12. The van der Waals surface area contributed by atoms with Crippen LogP contribution in [0, 0.1) is 0 Å². The lowest BCUT2D eigenvalue weighted by molar-refractivity contribution is 0.0221. The highest BCUT2D eigenvalue weighted by atomic mass is 16.6. The van der Waals surface area contributed by atoms with Gasteiger partial charge in [-0.3, -0.25) is 0 Å². The lowest BCUT2D eigenvalue weighted by atomic mass is 10.1. The van der Waals surface area contributed by atoms with Crippen LogP contribution in [0.1, 0.15) is 40.5 Å². The second-order valence-electron chi connectivity index (χ2n) is 4.77. The summed E-state index contributed by atoms with van der Waals surface area (Å²) in [6.07, 6.45) is 1.62. The van der Waals surface area contributed by atoms with Gasteiger partial charge in [-0.2, -0.15) is 0 Å². The SMILES string of the molecule is CCCC(CN)N(C)C(=O)OC(C)(C)C. The van der Waals surface area contributed by atoms with E-state index >= 15 is 0 Å². The van der Waals surface area contributed by atoms with Crippen LogP contribution in [0.15, 0.2) is 0 Å². The molecule has 0 aromatic heterocycles. The van der Waals surface area contributed by atoms with Gasteiger partial charge in [-0.25, -0.2) is 4.79 Å². The minimum Gasteiger partial charge on any atom is -0.444 e. The summed E-state index contributed by atoms with van der Waals surface area (Å²) in [4.78, 5) is 13.3. The van der Waals surface area contributed by atoms with Crippen molar-refractivity contribution in [3.8, 4) is 0 Å². The maximum absolute atomic E-state index is 11.7. The first kappa shape index (κ1) is 14.2. The van der Waals surface area contributed by atoms with Crippen molar-refractivity contribution in [2.45, 2.75) is 52.2 Å². The third-order valence-corrected chi connectivity index (χ3v) is 2.12. The summed E-state index contributed by atoms with van der Waals surface area (Å²) in [6.45, 7) is 8.12. The van der Waals surface area contributed by atoms with Crippen molar-refractivity contribution in [2.75, 3.05) is 13.6 Å². The monoisotopic (exact) mass is 216 g/mol. The molecule has 0 aliphatic heterocycles. The highest BCUT2D eigenvalue weighted by molar-refractivity contribution is 5.68. The van der Waals surface area contributed by atoms with Gasteiger partial charge in [0.2, 0.25) is 0 Å². The van der Waals surface area contributed by atoms with Crippen LogP contribution in [0.4, 0.5) is 4.79 Å². The van der Waals surface area contributed by atoms with Crippen LogP contribution in [0.3, 0.4) is 0 Å². The van der Waals surface area contributed by atoms with E-state index in [1.165, 1.54) is 0 Å². The van der Waals surface area contributed by atoms with Crippen molar-refractivity contribution in [3.05, 3.63) is 0 Å². The van der Waals surface area contributed by atoms with Crippen LogP contribution < -0.4 is 5.73 Å². The topological polar surface area (TPSA) is 55.6 Å². The van der Waals surface area contributed by atoms with Gasteiger partial charge in [-0.1, -0.05) is 13.3 Å². The maximum atomic E-state index is 11.7. The van der Waals surface area contributed by atoms with Gasteiger partial charge in [0.25, 0.3) is 0 Å². The Labute approximate surface area is 92.8 Å². The fourth-order valence-electron chi connectivity index (χ4n) is 1.29. The second-order valence-corrected chi connectivity index (χ2v) is 4.77. The highest BCUT2D eigenvalue weighted by Gasteiger charge is 2.23. The van der Waals surface area contributed by atoms with Gasteiger partial charge in [0, 0.05) is 19.6 Å². The van der Waals surface area contributed by atoms with E-state index in [1.807, 2.05) is 20.8 Å². The molecule has 1 unspecified atom stereocenters. The zero-order chi connectivity index (χ0) is 12.1. The molecule has 4 nitrogen and oxygen atoms in total. The first-order chi connectivity index (χ1) is 6.81. The Balaban J connectivity index is 4.28. The molecule has 0 aromatic rings. The van der Waals surface area contributed by atoms with E-state index in [2.05, 4.69) is 6.92 Å². The largest absolute Gasteiger partial charge is 0.444 e. The van der Waals surface area contributed by atoms with Crippen LogP contribution in [0.2, 0.25) is 0 Å². The minimum atomic E-state index is -0.448. The second kappa shape index (κ2) is 5.95. The lowest BCUT2D eigenvalue weighted by Crippen LogP contribution is -2.44. The first-order valence-corrected chi connectivity index (χ1v) is 5.47. The number of hydrogen-bond donors (Lipinski definition) is 1. The normalized spacial score (nSPS) is 13.5. The summed E-state index contributed by atoms with van der Waals surface area (Å²) < 4.78 is 5.26. The fraction of sp³-hybridized carbons (Fsp3) is 0.909. The standard InChI is InChI=1S/C11H24N2O2/c1-6-7-9(8-12)13(5)10(14)15-11(2,3)4/h9H,6-8,12H2,1-5H3. The van der Waals surface area contributed by atoms with Gasteiger partial charge in [0.05, 0.1) is 0 Å². The molecule has 2 N–H and O–H groups in total. The quantitative estimate of drug-likeness (QED) is 0.781. The first-order valence-electron chi connectivity index (χ1n) is 5.47. The van der Waals surface area contributed by atoms with E-state index in [0.717, 1.165) is 12.8 Å². The van der Waals surface area contributed by atoms with Crippen molar-refractivity contribution in [3.63, 3.8) is 0 Å². The molecule has 4 heteroatoms. The summed E-state index contributed by atoms with van der Waals surface area (Å²) >= 11 is 0. The average Bonchev–Trinajstić information content (AvgIpc) is 2.10. The number of amides is 1. The molecule has 0 saturated carbocycles. The maximum Gasteiger partial charge on any atom is 0.410 e. The number of likely N-dealkylation sites (N-methyl/N-ethyl adjacent to an activating group) is 1. The van der Waals surface area contributed by atoms with Crippen LogP contribution in [0.5, 0.6) is 0 Å². The van der Waals surface area contributed by atoms with E-state index in [0.29, 0.717) is 6.54 Å². The Morgan fingerprint density at radius 2 is 2.00 bits per heavy atom. The molecule has 0 aromatic carbocycles. The van der Waals surface area contributed by atoms with E-state index in [-0.39, 0.29) is 12.1 Å². The number of rotatable bonds is 4. The average molecular weight is 216 g/mol. The molecule has 0 rings (SSSR count). The van der Waals surface area contributed by atoms with Crippen molar-refractivity contribution in [1.82, 2.24) is 4.90 Å².